The number of carbonyl (C=O) groups excluding carboxylic acids is 1. The minimum atomic E-state index is -0.851. The first-order valence-electron chi connectivity index (χ1n) is 9.05. The van der Waals surface area contributed by atoms with Gasteiger partial charge in [-0.15, -0.1) is 0 Å². The van der Waals surface area contributed by atoms with Crippen LogP contribution < -0.4 is 14.2 Å². The molecule has 0 fully saturated rings. The zero-order valence-electron chi connectivity index (χ0n) is 16.3. The van der Waals surface area contributed by atoms with E-state index in [0.29, 0.717) is 30.2 Å². The van der Waals surface area contributed by atoms with Crippen LogP contribution in [0, 0.1) is 0 Å². The van der Waals surface area contributed by atoms with E-state index in [0.717, 1.165) is 11.1 Å². The molecule has 1 aliphatic heterocycles. The quantitative estimate of drug-likeness (QED) is 0.759. The summed E-state index contributed by atoms with van der Waals surface area (Å²) in [6.07, 6.45) is 3.99. The molecule has 0 aromatic heterocycles. The largest absolute Gasteiger partial charge is 0.493 e. The molecule has 0 saturated carbocycles. The zero-order chi connectivity index (χ0) is 20.1. The molecule has 1 atom stereocenters. The van der Waals surface area contributed by atoms with Crippen molar-refractivity contribution in [3.8, 4) is 17.2 Å². The minimum Gasteiger partial charge on any atom is -0.493 e. The second kappa shape index (κ2) is 8.35. The van der Waals surface area contributed by atoms with Crippen molar-refractivity contribution in [2.24, 2.45) is 0 Å². The van der Waals surface area contributed by atoms with Gasteiger partial charge in [0.15, 0.2) is 11.5 Å². The van der Waals surface area contributed by atoms with Crippen LogP contribution in [-0.2, 0) is 16.8 Å². The number of rotatable bonds is 8. The van der Waals surface area contributed by atoms with Crippen LogP contribution >= 0.6 is 0 Å². The van der Waals surface area contributed by atoms with Crippen LogP contribution in [0.25, 0.3) is 0 Å². The summed E-state index contributed by atoms with van der Waals surface area (Å²) < 4.78 is 16.2. The van der Waals surface area contributed by atoms with Crippen molar-refractivity contribution < 1.29 is 24.1 Å². The van der Waals surface area contributed by atoms with Gasteiger partial charge in [0.05, 0.1) is 33.3 Å². The molecule has 148 valence electrons. The molecule has 28 heavy (non-hydrogen) atoms. The molecule has 1 unspecified atom stereocenters. The van der Waals surface area contributed by atoms with E-state index in [9.17, 15) is 9.90 Å². The number of benzene rings is 2. The summed E-state index contributed by atoms with van der Waals surface area (Å²) in [5, 5.41) is 9.59. The Hall–Kier alpha value is -2.99. The molecular weight excluding hydrogens is 358 g/mol. The van der Waals surface area contributed by atoms with Crippen molar-refractivity contribution in [2.75, 3.05) is 27.9 Å². The molecule has 0 aliphatic carbocycles. The minimum absolute atomic E-state index is 0.0681. The van der Waals surface area contributed by atoms with E-state index in [1.807, 2.05) is 48.5 Å². The Balaban J connectivity index is 1.91. The van der Waals surface area contributed by atoms with Gasteiger partial charge in [0.1, 0.15) is 0 Å². The van der Waals surface area contributed by atoms with E-state index in [-0.39, 0.29) is 12.5 Å². The number of amides is 1. The summed E-state index contributed by atoms with van der Waals surface area (Å²) >= 11 is 0. The highest BCUT2D eigenvalue weighted by atomic mass is 16.5. The zero-order valence-corrected chi connectivity index (χ0v) is 16.3. The Kier molecular flexibility index (Phi) is 5.90. The van der Waals surface area contributed by atoms with Crippen molar-refractivity contribution in [3.05, 3.63) is 65.9 Å². The van der Waals surface area contributed by atoms with Crippen LogP contribution in [-0.4, -0.2) is 43.8 Å². The number of methoxy groups -OCH3 is 3. The molecule has 1 aliphatic rings. The first-order valence-corrected chi connectivity index (χ1v) is 9.05. The Morgan fingerprint density at radius 1 is 1.00 bits per heavy atom. The molecule has 2 aromatic carbocycles. The predicted octanol–water partition coefficient (Wildman–Crippen LogP) is 2.89. The lowest BCUT2D eigenvalue weighted by molar-refractivity contribution is -0.132. The maximum Gasteiger partial charge on any atom is 0.241 e. The van der Waals surface area contributed by atoms with Gasteiger partial charge in [-0.25, -0.2) is 0 Å². The molecule has 1 N–H and O–H groups in total. The van der Waals surface area contributed by atoms with E-state index in [2.05, 4.69) is 0 Å². The van der Waals surface area contributed by atoms with E-state index in [1.54, 1.807) is 32.4 Å². The van der Waals surface area contributed by atoms with Gasteiger partial charge in [0.25, 0.3) is 0 Å². The third-order valence-electron chi connectivity index (χ3n) is 5.05. The number of hydrogen-bond acceptors (Lipinski definition) is 5. The normalized spacial score (nSPS) is 18.4. The summed E-state index contributed by atoms with van der Waals surface area (Å²) in [5.74, 6) is 1.52. The molecule has 0 bridgehead atoms. The van der Waals surface area contributed by atoms with Gasteiger partial charge >= 0.3 is 0 Å². The maximum atomic E-state index is 13.3. The summed E-state index contributed by atoms with van der Waals surface area (Å²) in [6, 6.07) is 13.2. The van der Waals surface area contributed by atoms with Crippen LogP contribution in [0.15, 0.2) is 54.7 Å². The summed E-state index contributed by atoms with van der Waals surface area (Å²) in [4.78, 5) is 15.0. The summed E-state index contributed by atoms with van der Waals surface area (Å²) in [7, 11) is 4.67. The number of ether oxygens (including phenoxy) is 3. The van der Waals surface area contributed by atoms with Crippen LogP contribution in [0.2, 0.25) is 0 Å². The third-order valence-corrected chi connectivity index (χ3v) is 5.05. The van der Waals surface area contributed by atoms with Gasteiger partial charge in [-0.3, -0.25) is 4.79 Å². The summed E-state index contributed by atoms with van der Waals surface area (Å²) in [5.41, 5.74) is 0.870. The third kappa shape index (κ3) is 3.43. The Morgan fingerprint density at radius 2 is 1.64 bits per heavy atom. The number of hydrogen-bond donors (Lipinski definition) is 1. The van der Waals surface area contributed by atoms with Crippen molar-refractivity contribution >= 4 is 5.91 Å². The van der Waals surface area contributed by atoms with Gasteiger partial charge in [0.2, 0.25) is 11.7 Å². The fourth-order valence-corrected chi connectivity index (χ4v) is 3.63. The molecule has 1 heterocycles. The lowest BCUT2D eigenvalue weighted by Gasteiger charge is -2.28. The molecule has 0 spiro atoms. The molecule has 6 heteroatoms. The van der Waals surface area contributed by atoms with Crippen molar-refractivity contribution in [3.63, 3.8) is 0 Å². The Bertz CT molecular complexity index is 839. The van der Waals surface area contributed by atoms with E-state index in [1.165, 1.54) is 0 Å². The molecule has 1 amide bonds. The van der Waals surface area contributed by atoms with Gasteiger partial charge in [-0.2, -0.15) is 0 Å². The van der Waals surface area contributed by atoms with Gasteiger partial charge in [-0.05, 0) is 35.8 Å². The van der Waals surface area contributed by atoms with Crippen molar-refractivity contribution in [1.82, 2.24) is 4.90 Å². The van der Waals surface area contributed by atoms with Crippen LogP contribution in [0.5, 0.6) is 17.2 Å². The average Bonchev–Trinajstić information content (AvgIpc) is 3.04. The second-order valence-electron chi connectivity index (χ2n) is 6.59. The smallest absolute Gasteiger partial charge is 0.241 e. The number of nitrogens with zero attached hydrogens (tertiary/aromatic N) is 1. The average molecular weight is 383 g/mol. The fourth-order valence-electron chi connectivity index (χ4n) is 3.63. The predicted molar refractivity (Wildman–Crippen MR) is 106 cm³/mol. The standard InChI is InChI=1S/C22H25NO5/c1-26-18-13-16(14-19(27-2)20(18)28-3)15-23-11-9-22(10-12-24,21(23)25)17-7-5-4-6-8-17/h4-9,11,13-14,24H,10,12,15H2,1-3H3. The molecule has 2 aromatic rings. The number of aliphatic hydroxyl groups excluding tert-OH is 1. The first-order chi connectivity index (χ1) is 13.6. The monoisotopic (exact) mass is 383 g/mol. The van der Waals surface area contributed by atoms with E-state index < -0.39 is 5.41 Å². The second-order valence-corrected chi connectivity index (χ2v) is 6.59. The molecular formula is C22H25NO5. The number of aliphatic hydroxyl groups is 1. The summed E-state index contributed by atoms with van der Waals surface area (Å²) in [6.45, 7) is 0.273. The van der Waals surface area contributed by atoms with Crippen molar-refractivity contribution in [1.29, 1.82) is 0 Å². The highest BCUT2D eigenvalue weighted by Crippen LogP contribution is 2.40. The molecule has 3 rings (SSSR count). The topological polar surface area (TPSA) is 68.2 Å². The SMILES string of the molecule is COc1cc(CN2C=CC(CCO)(c3ccccc3)C2=O)cc(OC)c1OC. The fraction of sp³-hybridized carbons (Fsp3) is 0.318. The van der Waals surface area contributed by atoms with Crippen LogP contribution in [0.3, 0.4) is 0 Å². The van der Waals surface area contributed by atoms with Crippen LogP contribution in [0.1, 0.15) is 17.5 Å². The highest BCUT2D eigenvalue weighted by molar-refractivity contribution is 5.93. The lowest BCUT2D eigenvalue weighted by Crippen LogP contribution is -2.39. The number of carbonyl (C=O) groups is 1. The van der Waals surface area contributed by atoms with Gasteiger partial charge in [-0.1, -0.05) is 30.3 Å². The first kappa shape index (κ1) is 19.8. The highest BCUT2D eigenvalue weighted by Gasteiger charge is 2.43. The Labute approximate surface area is 164 Å². The van der Waals surface area contributed by atoms with Gasteiger partial charge < -0.3 is 24.2 Å². The molecule has 0 saturated heterocycles. The Morgan fingerprint density at radius 3 is 2.18 bits per heavy atom. The van der Waals surface area contributed by atoms with Crippen LogP contribution in [0.4, 0.5) is 0 Å². The van der Waals surface area contributed by atoms with E-state index >= 15 is 0 Å². The molecule has 0 radical (unpaired) electrons. The van der Waals surface area contributed by atoms with E-state index in [4.69, 9.17) is 14.2 Å². The maximum absolute atomic E-state index is 13.3. The lowest BCUT2D eigenvalue weighted by atomic mass is 9.78. The van der Waals surface area contributed by atoms with Gasteiger partial charge in [0, 0.05) is 12.8 Å². The van der Waals surface area contributed by atoms with Crippen molar-refractivity contribution in [2.45, 2.75) is 18.4 Å². The molecule has 6 nitrogen and oxygen atoms in total.